The van der Waals surface area contributed by atoms with Crippen molar-refractivity contribution in [3.8, 4) is 0 Å². The summed E-state index contributed by atoms with van der Waals surface area (Å²) in [6.07, 6.45) is 6.63. The molecule has 2 aliphatic rings. The summed E-state index contributed by atoms with van der Waals surface area (Å²) in [4.78, 5) is 14.4. The van der Waals surface area contributed by atoms with Gasteiger partial charge in [0.15, 0.2) is 0 Å². The van der Waals surface area contributed by atoms with Crippen molar-refractivity contribution in [3.63, 3.8) is 0 Å². The lowest BCUT2D eigenvalue weighted by molar-refractivity contribution is -0.125. The van der Waals surface area contributed by atoms with Gasteiger partial charge in [0.25, 0.3) is 0 Å². The van der Waals surface area contributed by atoms with Gasteiger partial charge in [-0.3, -0.25) is 9.69 Å². The van der Waals surface area contributed by atoms with E-state index in [1.165, 1.54) is 32.1 Å². The van der Waals surface area contributed by atoms with Gasteiger partial charge in [-0.25, -0.2) is 0 Å². The Balaban J connectivity index is 2.05. The van der Waals surface area contributed by atoms with Crippen LogP contribution >= 0.6 is 0 Å². The van der Waals surface area contributed by atoms with Gasteiger partial charge in [0, 0.05) is 18.6 Å². The van der Waals surface area contributed by atoms with Crippen LogP contribution in [-0.4, -0.2) is 41.5 Å². The van der Waals surface area contributed by atoms with Crippen molar-refractivity contribution in [2.45, 2.75) is 70.5 Å². The molecule has 19 heavy (non-hydrogen) atoms. The molecule has 0 radical (unpaired) electrons. The van der Waals surface area contributed by atoms with Gasteiger partial charge < -0.3 is 11.1 Å². The number of nitrogens with zero attached hydrogens (tertiary/aromatic N) is 1. The molecule has 3 N–H and O–H groups in total. The first-order valence-electron chi connectivity index (χ1n) is 7.74. The van der Waals surface area contributed by atoms with Crippen molar-refractivity contribution >= 4 is 5.91 Å². The second kappa shape index (κ2) is 5.80. The van der Waals surface area contributed by atoms with Crippen LogP contribution in [0.1, 0.15) is 52.9 Å². The van der Waals surface area contributed by atoms with Crippen LogP contribution in [0.15, 0.2) is 0 Å². The zero-order valence-electron chi connectivity index (χ0n) is 12.6. The number of piperidine rings is 1. The molecule has 2 rings (SSSR count). The summed E-state index contributed by atoms with van der Waals surface area (Å²) in [5, 5.41) is 3.37. The third-order valence-corrected chi connectivity index (χ3v) is 4.78. The predicted octanol–water partition coefficient (Wildman–Crippen LogP) is 1.49. The van der Waals surface area contributed by atoms with Gasteiger partial charge in [-0.05, 0) is 58.9 Å². The minimum absolute atomic E-state index is 0.235. The first-order chi connectivity index (χ1) is 8.92. The first kappa shape index (κ1) is 14.8. The molecule has 4 nitrogen and oxygen atoms in total. The fourth-order valence-corrected chi connectivity index (χ4v) is 3.99. The molecular formula is C15H29N3O. The number of nitrogens with two attached hydrogens (primary N) is 1. The molecule has 1 amide bonds. The van der Waals surface area contributed by atoms with Gasteiger partial charge in [0.2, 0.25) is 5.91 Å². The van der Waals surface area contributed by atoms with E-state index in [2.05, 4.69) is 24.1 Å². The Kier molecular flexibility index (Phi) is 4.51. The normalized spacial score (nSPS) is 31.2. The first-order valence-corrected chi connectivity index (χ1v) is 7.74. The molecule has 110 valence electrons. The maximum absolute atomic E-state index is 11.9. The fraction of sp³-hybridized carbons (Fsp3) is 0.933. The molecule has 1 saturated carbocycles. The van der Waals surface area contributed by atoms with Crippen LogP contribution < -0.4 is 11.1 Å². The van der Waals surface area contributed by atoms with E-state index in [0.29, 0.717) is 6.04 Å². The molecule has 0 aromatic carbocycles. The Labute approximate surface area is 117 Å². The maximum Gasteiger partial charge on any atom is 0.238 e. The van der Waals surface area contributed by atoms with Gasteiger partial charge in [-0.2, -0.15) is 0 Å². The molecule has 0 aromatic heterocycles. The second-order valence-electron chi connectivity index (χ2n) is 6.87. The van der Waals surface area contributed by atoms with Crippen molar-refractivity contribution in [3.05, 3.63) is 0 Å². The second-order valence-corrected chi connectivity index (χ2v) is 6.87. The van der Waals surface area contributed by atoms with E-state index in [9.17, 15) is 4.79 Å². The number of hydrogen-bond donors (Lipinski definition) is 2. The summed E-state index contributed by atoms with van der Waals surface area (Å²) in [7, 11) is 0. The largest absolute Gasteiger partial charge is 0.368 e. The van der Waals surface area contributed by atoms with Gasteiger partial charge >= 0.3 is 0 Å². The standard InChI is InChI=1S/C15H29N3O/c1-11(2)17-15(3,14(16)19)10-18-9-5-7-12-6-4-8-13(12)18/h11-13,17H,4-10H2,1-3H3,(H2,16,19). The number of rotatable bonds is 5. The van der Waals surface area contributed by atoms with E-state index in [4.69, 9.17) is 5.73 Å². The smallest absolute Gasteiger partial charge is 0.238 e. The topological polar surface area (TPSA) is 58.4 Å². The predicted molar refractivity (Wildman–Crippen MR) is 77.8 cm³/mol. The molecule has 0 aromatic rings. The van der Waals surface area contributed by atoms with E-state index in [1.807, 2.05) is 6.92 Å². The number of fused-ring (bicyclic) bond motifs is 1. The number of likely N-dealkylation sites (tertiary alicyclic amines) is 1. The van der Waals surface area contributed by atoms with Crippen LogP contribution in [0.2, 0.25) is 0 Å². The van der Waals surface area contributed by atoms with E-state index < -0.39 is 5.54 Å². The third-order valence-electron chi connectivity index (χ3n) is 4.78. The molecule has 0 spiro atoms. The Morgan fingerprint density at radius 1 is 1.37 bits per heavy atom. The monoisotopic (exact) mass is 267 g/mol. The Morgan fingerprint density at radius 2 is 2.05 bits per heavy atom. The van der Waals surface area contributed by atoms with E-state index in [1.54, 1.807) is 0 Å². The highest BCUT2D eigenvalue weighted by molar-refractivity contribution is 5.84. The molecule has 2 fully saturated rings. The summed E-state index contributed by atoms with van der Waals surface area (Å²) in [6.45, 7) is 7.95. The highest BCUT2D eigenvalue weighted by atomic mass is 16.1. The number of carbonyl (C=O) groups is 1. The van der Waals surface area contributed by atoms with Gasteiger partial charge in [0.05, 0.1) is 0 Å². The lowest BCUT2D eigenvalue weighted by Crippen LogP contribution is -2.63. The Morgan fingerprint density at radius 3 is 2.68 bits per heavy atom. The number of nitrogens with one attached hydrogen (secondary N) is 1. The lowest BCUT2D eigenvalue weighted by Gasteiger charge is -2.43. The van der Waals surface area contributed by atoms with Crippen molar-refractivity contribution in [2.24, 2.45) is 11.7 Å². The number of amides is 1. The Hall–Kier alpha value is -0.610. The highest BCUT2D eigenvalue weighted by Gasteiger charge is 2.40. The van der Waals surface area contributed by atoms with E-state index in [-0.39, 0.29) is 11.9 Å². The van der Waals surface area contributed by atoms with Crippen LogP contribution in [0, 0.1) is 5.92 Å². The summed E-state index contributed by atoms with van der Waals surface area (Å²) < 4.78 is 0. The average molecular weight is 267 g/mol. The minimum atomic E-state index is -0.612. The molecule has 1 aliphatic heterocycles. The quantitative estimate of drug-likeness (QED) is 0.793. The summed E-state index contributed by atoms with van der Waals surface area (Å²) in [5.74, 6) is 0.617. The highest BCUT2D eigenvalue weighted by Crippen LogP contribution is 2.37. The number of carbonyl (C=O) groups excluding carboxylic acids is 1. The van der Waals surface area contributed by atoms with E-state index >= 15 is 0 Å². The van der Waals surface area contributed by atoms with Crippen LogP contribution in [-0.2, 0) is 4.79 Å². The molecular weight excluding hydrogens is 238 g/mol. The van der Waals surface area contributed by atoms with Crippen LogP contribution in [0.5, 0.6) is 0 Å². The van der Waals surface area contributed by atoms with Gasteiger partial charge in [-0.1, -0.05) is 6.42 Å². The number of primary amides is 1. The molecule has 1 aliphatic carbocycles. The summed E-state index contributed by atoms with van der Waals surface area (Å²) >= 11 is 0. The average Bonchev–Trinajstić information content (AvgIpc) is 2.76. The van der Waals surface area contributed by atoms with Gasteiger partial charge in [0.1, 0.15) is 5.54 Å². The van der Waals surface area contributed by atoms with Crippen molar-refractivity contribution < 1.29 is 4.79 Å². The van der Waals surface area contributed by atoms with Crippen LogP contribution in [0.4, 0.5) is 0 Å². The zero-order chi connectivity index (χ0) is 14.0. The van der Waals surface area contributed by atoms with Crippen molar-refractivity contribution in [2.75, 3.05) is 13.1 Å². The van der Waals surface area contributed by atoms with Crippen molar-refractivity contribution in [1.82, 2.24) is 10.2 Å². The molecule has 0 bridgehead atoms. The van der Waals surface area contributed by atoms with Gasteiger partial charge in [-0.15, -0.1) is 0 Å². The lowest BCUT2D eigenvalue weighted by atomic mass is 9.89. The van der Waals surface area contributed by atoms with Crippen LogP contribution in [0.25, 0.3) is 0 Å². The minimum Gasteiger partial charge on any atom is -0.368 e. The third kappa shape index (κ3) is 3.29. The summed E-state index contributed by atoms with van der Waals surface area (Å²) in [6, 6.07) is 0.947. The molecule has 1 heterocycles. The molecule has 4 heteroatoms. The molecule has 1 saturated heterocycles. The molecule has 3 unspecified atom stereocenters. The SMILES string of the molecule is CC(C)NC(C)(CN1CCCC2CCCC21)C(N)=O. The van der Waals surface area contributed by atoms with Crippen molar-refractivity contribution in [1.29, 1.82) is 0 Å². The molecule has 3 atom stereocenters. The zero-order valence-corrected chi connectivity index (χ0v) is 12.6. The maximum atomic E-state index is 11.9. The Bertz CT molecular complexity index is 331. The fourth-order valence-electron chi connectivity index (χ4n) is 3.99. The van der Waals surface area contributed by atoms with E-state index in [0.717, 1.165) is 19.0 Å². The summed E-state index contributed by atoms with van der Waals surface area (Å²) in [5.41, 5.74) is 5.03. The van der Waals surface area contributed by atoms with Crippen LogP contribution in [0.3, 0.4) is 0 Å². The number of hydrogen-bond acceptors (Lipinski definition) is 3.